The van der Waals surface area contributed by atoms with Crippen LogP contribution in [0, 0.1) is 11.3 Å². The second-order valence-corrected chi connectivity index (χ2v) is 8.13. The number of anilines is 1. The molecule has 1 aliphatic heterocycles. The van der Waals surface area contributed by atoms with Gasteiger partial charge in [0.25, 0.3) is 5.89 Å². The van der Waals surface area contributed by atoms with Gasteiger partial charge in [0.15, 0.2) is 15.1 Å². The highest BCUT2D eigenvalue weighted by Gasteiger charge is 2.31. The average molecular weight is 449 g/mol. The van der Waals surface area contributed by atoms with Gasteiger partial charge in [-0.25, -0.2) is 0 Å². The van der Waals surface area contributed by atoms with Gasteiger partial charge in [0.1, 0.15) is 0 Å². The molecule has 0 atom stereocenters. The fourth-order valence-corrected chi connectivity index (χ4v) is 4.59. The van der Waals surface area contributed by atoms with Crippen molar-refractivity contribution in [3.05, 3.63) is 47.3 Å². The fourth-order valence-electron chi connectivity index (χ4n) is 2.52. The molecule has 4 rings (SSSR count). The average Bonchev–Trinajstić information content (AvgIpc) is 3.26. The summed E-state index contributed by atoms with van der Waals surface area (Å²) < 4.78 is 44.3. The molecule has 0 aliphatic carbocycles. The van der Waals surface area contributed by atoms with Gasteiger partial charge in [0.05, 0.1) is 22.9 Å². The smallest absolute Gasteiger partial charge is 0.416 e. The van der Waals surface area contributed by atoms with E-state index in [1.54, 1.807) is 18.1 Å². The summed E-state index contributed by atoms with van der Waals surface area (Å²) >= 11 is 2.57. The molecule has 0 spiro atoms. The van der Waals surface area contributed by atoms with Crippen molar-refractivity contribution in [3.8, 4) is 17.7 Å². The van der Waals surface area contributed by atoms with Crippen molar-refractivity contribution < 1.29 is 17.6 Å². The van der Waals surface area contributed by atoms with Crippen molar-refractivity contribution in [1.82, 2.24) is 20.4 Å². The van der Waals surface area contributed by atoms with Crippen molar-refractivity contribution in [2.45, 2.75) is 17.0 Å². The Hall–Kier alpha value is -3.11. The Morgan fingerprint density at radius 1 is 1.23 bits per heavy atom. The molecule has 0 bridgehead atoms. The summed E-state index contributed by atoms with van der Waals surface area (Å²) in [6, 6.07) is 6.69. The molecule has 30 heavy (non-hydrogen) atoms. The van der Waals surface area contributed by atoms with Crippen LogP contribution in [0.4, 0.5) is 18.9 Å². The molecule has 13 heteroatoms. The number of hydrogen-bond donors (Lipinski definition) is 0. The third kappa shape index (κ3) is 4.10. The maximum Gasteiger partial charge on any atom is 0.416 e. The minimum absolute atomic E-state index is 0.0171. The molecule has 1 aliphatic rings. The highest BCUT2D eigenvalue weighted by atomic mass is 32.2. The number of hydrogen-bond acceptors (Lipinski definition) is 10. The lowest BCUT2D eigenvalue weighted by atomic mass is 10.1. The Morgan fingerprint density at radius 2 is 2.07 bits per heavy atom. The van der Waals surface area contributed by atoms with Gasteiger partial charge in [-0.05, 0) is 35.5 Å². The molecule has 0 saturated carbocycles. The standard InChI is InChI=1S/C17H10F3N7OS2/c1-27-13-5-12(14-24-22-8-28-14)23-25-15(13)30-16(26-27)29-7-9-2-3-11(17(18,19)20)4-10(9)6-21/h2-5,8H,7H2,1H3. The van der Waals surface area contributed by atoms with Crippen LogP contribution in [0.1, 0.15) is 16.7 Å². The Kier molecular flexibility index (Phi) is 5.35. The van der Waals surface area contributed by atoms with E-state index < -0.39 is 11.7 Å². The molecule has 0 amide bonds. The summed E-state index contributed by atoms with van der Waals surface area (Å²) in [5.41, 5.74) is 0.730. The molecule has 3 heterocycles. The van der Waals surface area contributed by atoms with Crippen LogP contribution in [0.3, 0.4) is 0 Å². The largest absolute Gasteiger partial charge is 0.422 e. The van der Waals surface area contributed by atoms with Gasteiger partial charge in [-0.3, -0.25) is 5.01 Å². The molecule has 0 N–H and O–H groups in total. The first-order valence-electron chi connectivity index (χ1n) is 8.22. The molecule has 0 radical (unpaired) electrons. The van der Waals surface area contributed by atoms with Crippen LogP contribution in [0.2, 0.25) is 0 Å². The number of fused-ring (bicyclic) bond motifs is 1. The zero-order chi connectivity index (χ0) is 21.3. The minimum Gasteiger partial charge on any atom is -0.422 e. The third-order valence-electron chi connectivity index (χ3n) is 3.99. The first-order valence-corrected chi connectivity index (χ1v) is 10.0. The summed E-state index contributed by atoms with van der Waals surface area (Å²) in [6.45, 7) is 0. The number of alkyl halides is 3. The molecular formula is C17H10F3N7OS2. The van der Waals surface area contributed by atoms with E-state index >= 15 is 0 Å². The Bertz CT molecular complexity index is 1160. The zero-order valence-corrected chi connectivity index (χ0v) is 16.7. The van der Waals surface area contributed by atoms with Crippen LogP contribution in [0.5, 0.6) is 0 Å². The quantitative estimate of drug-likeness (QED) is 0.583. The maximum atomic E-state index is 12.8. The first kappa shape index (κ1) is 20.2. The Morgan fingerprint density at radius 3 is 2.77 bits per heavy atom. The minimum atomic E-state index is -4.49. The highest BCUT2D eigenvalue weighted by Crippen LogP contribution is 2.39. The van der Waals surface area contributed by atoms with E-state index in [1.807, 2.05) is 6.07 Å². The first-order chi connectivity index (χ1) is 14.3. The fraction of sp³-hybridized carbons (Fsp3) is 0.176. The van der Waals surface area contributed by atoms with E-state index in [9.17, 15) is 18.4 Å². The van der Waals surface area contributed by atoms with Crippen LogP contribution in [-0.2, 0) is 11.9 Å². The van der Waals surface area contributed by atoms with Crippen molar-refractivity contribution in [1.29, 1.82) is 5.26 Å². The number of nitriles is 1. The van der Waals surface area contributed by atoms with Gasteiger partial charge in [-0.15, -0.1) is 20.4 Å². The number of hydrazone groups is 1. The highest BCUT2D eigenvalue weighted by molar-refractivity contribution is 8.38. The summed E-state index contributed by atoms with van der Waals surface area (Å²) in [5.74, 6) is 0.517. The topological polar surface area (TPSA) is 104 Å². The zero-order valence-electron chi connectivity index (χ0n) is 15.1. The normalized spacial score (nSPS) is 13.6. The lowest BCUT2D eigenvalue weighted by Crippen LogP contribution is -2.17. The number of benzene rings is 1. The van der Waals surface area contributed by atoms with Crippen LogP contribution >= 0.6 is 23.5 Å². The van der Waals surface area contributed by atoms with Crippen molar-refractivity contribution in [2.24, 2.45) is 5.10 Å². The summed E-state index contributed by atoms with van der Waals surface area (Å²) in [5, 5.41) is 31.5. The van der Waals surface area contributed by atoms with E-state index in [0.29, 0.717) is 26.3 Å². The van der Waals surface area contributed by atoms with Crippen molar-refractivity contribution in [2.75, 3.05) is 12.1 Å². The van der Waals surface area contributed by atoms with E-state index in [1.165, 1.54) is 36.0 Å². The van der Waals surface area contributed by atoms with Gasteiger partial charge in [-0.2, -0.15) is 23.5 Å². The van der Waals surface area contributed by atoms with Gasteiger partial charge in [-0.1, -0.05) is 17.8 Å². The van der Waals surface area contributed by atoms with Crippen LogP contribution < -0.4 is 5.01 Å². The second kappa shape index (κ2) is 7.96. The van der Waals surface area contributed by atoms with Crippen LogP contribution in [0.15, 0.2) is 45.2 Å². The molecule has 3 aromatic rings. The lowest BCUT2D eigenvalue weighted by Gasteiger charge is -2.22. The third-order valence-corrected chi connectivity index (χ3v) is 6.12. The molecular weight excluding hydrogens is 439 g/mol. The second-order valence-electron chi connectivity index (χ2n) is 5.93. The van der Waals surface area contributed by atoms with Crippen LogP contribution in [0.25, 0.3) is 11.6 Å². The predicted molar refractivity (Wildman–Crippen MR) is 104 cm³/mol. The lowest BCUT2D eigenvalue weighted by molar-refractivity contribution is -0.137. The SMILES string of the molecule is CN1N=C(SCc2ccc(C(F)(F)F)cc2C#N)Sc2nnc(-c3nnco3)cc21. The van der Waals surface area contributed by atoms with E-state index in [2.05, 4.69) is 25.5 Å². The van der Waals surface area contributed by atoms with Gasteiger partial charge >= 0.3 is 6.18 Å². The van der Waals surface area contributed by atoms with Crippen molar-refractivity contribution in [3.63, 3.8) is 0 Å². The van der Waals surface area contributed by atoms with E-state index in [0.717, 1.165) is 12.1 Å². The molecule has 8 nitrogen and oxygen atoms in total. The molecule has 2 aromatic heterocycles. The monoisotopic (exact) mass is 449 g/mol. The number of nitrogens with zero attached hydrogens (tertiary/aromatic N) is 7. The Balaban J connectivity index is 1.50. The van der Waals surface area contributed by atoms with Gasteiger partial charge in [0, 0.05) is 12.8 Å². The van der Waals surface area contributed by atoms with E-state index in [-0.39, 0.29) is 17.2 Å². The van der Waals surface area contributed by atoms with Gasteiger partial charge < -0.3 is 4.42 Å². The van der Waals surface area contributed by atoms with Crippen LogP contribution in [-0.4, -0.2) is 31.8 Å². The summed E-state index contributed by atoms with van der Waals surface area (Å²) in [4.78, 5) is 0. The number of thioether (sulfide) groups is 2. The molecule has 0 unspecified atom stereocenters. The predicted octanol–water partition coefficient (Wildman–Crippen LogP) is 4.16. The maximum absolute atomic E-state index is 12.8. The molecule has 0 saturated heterocycles. The summed E-state index contributed by atoms with van der Waals surface area (Å²) in [7, 11) is 1.73. The Labute approximate surface area is 176 Å². The molecule has 0 fully saturated rings. The number of rotatable bonds is 3. The molecule has 152 valence electrons. The number of halogens is 3. The number of aromatic nitrogens is 4. The van der Waals surface area contributed by atoms with E-state index in [4.69, 9.17) is 4.42 Å². The summed E-state index contributed by atoms with van der Waals surface area (Å²) in [6.07, 6.45) is -3.30. The van der Waals surface area contributed by atoms with Crippen molar-refractivity contribution >= 4 is 33.6 Å². The van der Waals surface area contributed by atoms with Gasteiger partial charge in [0.2, 0.25) is 6.39 Å². The molecule has 1 aromatic carbocycles.